The lowest BCUT2D eigenvalue weighted by Gasteiger charge is -2.28. The molecule has 0 unspecified atom stereocenters. The molecule has 0 radical (unpaired) electrons. The Hall–Kier alpha value is -18.1. The lowest BCUT2D eigenvalue weighted by molar-refractivity contribution is 0.660. The van der Waals surface area contributed by atoms with Crippen LogP contribution in [0.15, 0.2) is 546 Å². The normalized spacial score (nSPS) is 11.9. The molecule has 23 aromatic carbocycles. The van der Waals surface area contributed by atoms with Gasteiger partial charge in [0.25, 0.3) is 0 Å². The third-order valence-corrected chi connectivity index (χ3v) is 29.5. The summed E-state index contributed by atoms with van der Waals surface area (Å²) in [6.07, 6.45) is 0. The van der Waals surface area contributed by atoms with E-state index in [9.17, 15) is 0 Å². The molecule has 0 bridgehead atoms. The number of nitrogens with zero attached hydrogens (tertiary/aromatic N) is 6. The van der Waals surface area contributed by atoms with Crippen molar-refractivity contribution in [1.29, 1.82) is 0 Å². The average Bonchev–Trinajstić information content (AvgIpc) is 1.58. The predicted octanol–water partition coefficient (Wildman–Crippen LogP) is 38.3. The van der Waals surface area contributed by atoms with Crippen molar-refractivity contribution >= 4 is 176 Å². The zero-order valence-electron chi connectivity index (χ0n) is 78.6. The van der Waals surface area contributed by atoms with Crippen LogP contribution in [0.3, 0.4) is 0 Å². The fourth-order valence-electron chi connectivity index (χ4n) is 21.5. The quantitative estimate of drug-likeness (QED) is 0.0906. The average molecular weight is 1830 g/mol. The molecule has 0 amide bonds. The third kappa shape index (κ3) is 15.7. The maximum absolute atomic E-state index is 2.47. The fraction of sp³-hybridized carbons (Fsp3) is 0.0222. The predicted molar refractivity (Wildman–Crippen MR) is 606 cm³/mol. The van der Waals surface area contributed by atoms with E-state index in [1.807, 2.05) is 11.3 Å². The molecule has 3 heterocycles. The summed E-state index contributed by atoms with van der Waals surface area (Å²) in [5, 5.41) is 16.1. The van der Waals surface area contributed by atoms with Crippen LogP contribution in [0.2, 0.25) is 0 Å². The second-order valence-electron chi connectivity index (χ2n) is 37.1. The van der Waals surface area contributed by atoms with E-state index < -0.39 is 0 Å². The van der Waals surface area contributed by atoms with Crippen molar-refractivity contribution in [1.82, 2.24) is 9.13 Å². The largest absolute Gasteiger partial charge is 0.310 e. The van der Waals surface area contributed by atoms with Crippen LogP contribution in [0.25, 0.3) is 152 Å². The summed E-state index contributed by atoms with van der Waals surface area (Å²) in [5.74, 6) is 0. The van der Waals surface area contributed by atoms with Gasteiger partial charge in [0.1, 0.15) is 0 Å². The first kappa shape index (κ1) is 85.5. The molecule has 142 heavy (non-hydrogen) atoms. The Kier molecular flexibility index (Phi) is 22.1. The van der Waals surface area contributed by atoms with E-state index in [0.29, 0.717) is 0 Å². The van der Waals surface area contributed by atoms with E-state index in [2.05, 4.69) is 589 Å². The molecular weight excluding hydrogens is 1740 g/mol. The van der Waals surface area contributed by atoms with Gasteiger partial charge in [-0.05, 0) is 264 Å². The molecule has 1 aliphatic rings. The Balaban J connectivity index is 0.000000112. The summed E-state index contributed by atoms with van der Waals surface area (Å²) in [6.45, 7) is 4.70. The second kappa shape index (κ2) is 36.7. The molecule has 0 fully saturated rings. The van der Waals surface area contributed by atoms with Crippen molar-refractivity contribution in [2.45, 2.75) is 19.3 Å². The number of rotatable bonds is 17. The van der Waals surface area contributed by atoms with Crippen LogP contribution in [0, 0.1) is 0 Å². The van der Waals surface area contributed by atoms with Gasteiger partial charge in [-0.2, -0.15) is 0 Å². The van der Waals surface area contributed by atoms with Gasteiger partial charge in [-0.3, -0.25) is 0 Å². The maximum Gasteiger partial charge on any atom is 0.0726 e. The van der Waals surface area contributed by atoms with Gasteiger partial charge in [0, 0.05) is 110 Å². The Labute approximate surface area is 830 Å². The standard InChI is InChI=1S/C49H36N2.C44H32N2.C42H28N2S/c1-49(2)45-18-10-8-16-41(45)42-28-27-40(32-46(42)49)50(39-26-22-33-12-6-7-13-35(33)30-39)38-24-20-34(21-25-38)36-23-29-48-44(31-36)43-17-9-11-19-47(43)51(48)37-14-4-3-5-15-37;1-3-17-37(18-4-1)45(43-23-11-15-35-13-7-9-21-41(35)43)39-29-25-33(26-30-39)34-27-31-40(32-28-34)46(38-19-5-2-6-20-38)44-24-12-16-36-14-8-10-22-42(36)44;1-3-14-30(15-4-1)42-41(36-20-10-12-22-40(36)45-42)43(33-24-23-29-13-7-8-16-31(29)27-33)34-25-26-39-37(28-34)35-19-9-11-21-38(35)44(39)32-17-5-2-6-18-32/h3-32H,1-2H3;1-32H;1-28H. The minimum absolute atomic E-state index is 0.0802. The first-order valence-corrected chi connectivity index (χ1v) is 49.6. The van der Waals surface area contributed by atoms with Crippen LogP contribution in [0.1, 0.15) is 25.0 Å². The third-order valence-electron chi connectivity index (χ3n) is 28.3. The van der Waals surface area contributed by atoms with Crippen LogP contribution < -0.4 is 19.6 Å². The molecule has 0 aliphatic heterocycles. The Morgan fingerprint density at radius 3 is 1.07 bits per heavy atom. The highest BCUT2D eigenvalue weighted by atomic mass is 32.1. The van der Waals surface area contributed by atoms with Gasteiger partial charge in [-0.25, -0.2) is 0 Å². The number of fused-ring (bicyclic) bond motifs is 14. The first-order valence-electron chi connectivity index (χ1n) is 48.7. The number of anilines is 12. The van der Waals surface area contributed by atoms with Crippen molar-refractivity contribution in [3.8, 4) is 55.2 Å². The van der Waals surface area contributed by atoms with E-state index in [1.165, 1.54) is 163 Å². The van der Waals surface area contributed by atoms with Gasteiger partial charge in [0.15, 0.2) is 0 Å². The van der Waals surface area contributed by atoms with Gasteiger partial charge < -0.3 is 28.7 Å². The van der Waals surface area contributed by atoms with Crippen molar-refractivity contribution in [3.05, 3.63) is 557 Å². The fourth-order valence-corrected chi connectivity index (χ4v) is 22.7. The van der Waals surface area contributed by atoms with Gasteiger partial charge in [-0.15, -0.1) is 11.3 Å². The molecule has 672 valence electrons. The number of hydrogen-bond donors (Lipinski definition) is 0. The van der Waals surface area contributed by atoms with Crippen LogP contribution in [-0.4, -0.2) is 9.13 Å². The smallest absolute Gasteiger partial charge is 0.0726 e. The minimum Gasteiger partial charge on any atom is -0.310 e. The van der Waals surface area contributed by atoms with Crippen molar-refractivity contribution < 1.29 is 0 Å². The maximum atomic E-state index is 2.47. The molecular formula is C135H96N6S. The van der Waals surface area contributed by atoms with Crippen molar-refractivity contribution in [2.24, 2.45) is 0 Å². The molecule has 3 aromatic heterocycles. The molecule has 27 rings (SSSR count). The lowest BCUT2D eigenvalue weighted by Crippen LogP contribution is -2.16. The number of thiophene rings is 1. The van der Waals surface area contributed by atoms with E-state index >= 15 is 0 Å². The Morgan fingerprint density at radius 2 is 0.535 bits per heavy atom. The molecule has 0 spiro atoms. The summed E-state index contributed by atoms with van der Waals surface area (Å²) in [7, 11) is 0. The number of para-hydroxylation sites is 6. The van der Waals surface area contributed by atoms with Crippen LogP contribution in [0.4, 0.5) is 68.2 Å². The summed E-state index contributed by atoms with van der Waals surface area (Å²) >= 11 is 1.86. The number of aromatic nitrogens is 2. The topological polar surface area (TPSA) is 22.8 Å². The summed E-state index contributed by atoms with van der Waals surface area (Å²) in [5.41, 5.74) is 32.3. The zero-order valence-corrected chi connectivity index (χ0v) is 79.4. The van der Waals surface area contributed by atoms with Gasteiger partial charge in [0.05, 0.1) is 44.0 Å². The first-order chi connectivity index (χ1) is 70.2. The van der Waals surface area contributed by atoms with Crippen molar-refractivity contribution in [3.63, 3.8) is 0 Å². The van der Waals surface area contributed by atoms with Gasteiger partial charge in [0.2, 0.25) is 0 Å². The molecule has 7 heteroatoms. The highest BCUT2D eigenvalue weighted by Crippen LogP contribution is 2.55. The highest BCUT2D eigenvalue weighted by molar-refractivity contribution is 7.23. The van der Waals surface area contributed by atoms with Crippen LogP contribution >= 0.6 is 11.3 Å². The Bertz CT molecular complexity index is 9020. The lowest BCUT2D eigenvalue weighted by atomic mass is 9.82. The van der Waals surface area contributed by atoms with E-state index in [4.69, 9.17) is 0 Å². The van der Waals surface area contributed by atoms with E-state index in [-0.39, 0.29) is 5.41 Å². The van der Waals surface area contributed by atoms with E-state index in [1.54, 1.807) is 0 Å². The van der Waals surface area contributed by atoms with Crippen LogP contribution in [0.5, 0.6) is 0 Å². The van der Waals surface area contributed by atoms with Gasteiger partial charge >= 0.3 is 0 Å². The monoisotopic (exact) mass is 1830 g/mol. The molecule has 0 saturated carbocycles. The molecule has 0 saturated heterocycles. The SMILES string of the molecule is CC1(C)c2ccccc2-c2ccc(N(c3ccc(-c4ccc5c(c4)c4ccccc4n5-c4ccccc4)cc3)c3ccc4ccccc4c3)cc21.c1ccc(-c2sc3ccccc3c2N(c2ccc3ccccc3c2)c2ccc3c(c2)c2ccccc2n3-c2ccccc2)cc1.c1ccc(N(c2ccc(-c3ccc(N(c4ccccc4)c4cccc5ccccc45)cc3)cc2)c2cccc3ccccc23)cc1. The minimum atomic E-state index is -0.0802. The summed E-state index contributed by atoms with van der Waals surface area (Å²) in [4.78, 5) is 10.8. The molecule has 1 aliphatic carbocycles. The summed E-state index contributed by atoms with van der Waals surface area (Å²) < 4.78 is 6.03. The van der Waals surface area contributed by atoms with Crippen molar-refractivity contribution in [2.75, 3.05) is 19.6 Å². The Morgan fingerprint density at radius 1 is 0.190 bits per heavy atom. The summed E-state index contributed by atoms with van der Waals surface area (Å²) in [6, 6.07) is 197. The van der Waals surface area contributed by atoms with Gasteiger partial charge in [-0.1, -0.05) is 378 Å². The molecule has 0 N–H and O–H groups in total. The highest BCUT2D eigenvalue weighted by Gasteiger charge is 2.36. The molecule has 0 atom stereocenters. The zero-order chi connectivity index (χ0) is 94.6. The molecule has 26 aromatic rings. The second-order valence-corrected chi connectivity index (χ2v) is 38.1. The number of hydrogen-bond acceptors (Lipinski definition) is 5. The van der Waals surface area contributed by atoms with Crippen LogP contribution in [-0.2, 0) is 5.41 Å². The number of benzene rings is 23. The molecule has 6 nitrogen and oxygen atoms in total. The van der Waals surface area contributed by atoms with E-state index in [0.717, 1.165) is 68.2 Å².